The summed E-state index contributed by atoms with van der Waals surface area (Å²) >= 11 is 0. The Balaban J connectivity index is 2.30. The van der Waals surface area contributed by atoms with Crippen molar-refractivity contribution < 1.29 is 9.59 Å². The number of Topliss-reactive ketones (excluding diaryl/α,β-unsaturated/α-hetero) is 1. The number of ketones is 1. The van der Waals surface area contributed by atoms with Gasteiger partial charge in [-0.1, -0.05) is 39.8 Å². The number of hydrogen-bond donors (Lipinski definition) is 2. The standard InChI is InChI=1S/C16H22N2O2/c1-15(2)14(16(15,3)4)13(20)10-7-5-6-8-11(10)18-12(19)9-17/h5-8,14H,9,17H2,1-4H3,(H,18,19). The molecule has 1 aliphatic rings. The van der Waals surface area contributed by atoms with Crippen molar-refractivity contribution in [1.29, 1.82) is 0 Å². The van der Waals surface area contributed by atoms with Gasteiger partial charge in [0.1, 0.15) is 0 Å². The lowest BCUT2D eigenvalue weighted by Gasteiger charge is -2.10. The maximum atomic E-state index is 12.7. The first kappa shape index (κ1) is 14.7. The molecule has 1 aromatic rings. The Morgan fingerprint density at radius 2 is 1.70 bits per heavy atom. The van der Waals surface area contributed by atoms with Crippen LogP contribution in [-0.2, 0) is 4.79 Å². The molecular weight excluding hydrogens is 252 g/mol. The first-order valence-corrected chi connectivity index (χ1v) is 6.86. The fourth-order valence-electron chi connectivity index (χ4n) is 3.02. The quantitative estimate of drug-likeness (QED) is 0.828. The predicted molar refractivity (Wildman–Crippen MR) is 79.5 cm³/mol. The van der Waals surface area contributed by atoms with Crippen molar-refractivity contribution in [3.63, 3.8) is 0 Å². The zero-order chi connectivity index (χ0) is 15.1. The van der Waals surface area contributed by atoms with Crippen molar-refractivity contribution in [2.24, 2.45) is 22.5 Å². The summed E-state index contributed by atoms with van der Waals surface area (Å²) in [6.07, 6.45) is 0. The smallest absolute Gasteiger partial charge is 0.238 e. The van der Waals surface area contributed by atoms with E-state index in [-0.39, 0.29) is 35.0 Å². The number of anilines is 1. The molecule has 108 valence electrons. The van der Waals surface area contributed by atoms with E-state index in [0.29, 0.717) is 11.3 Å². The highest BCUT2D eigenvalue weighted by atomic mass is 16.2. The molecule has 0 aliphatic heterocycles. The lowest BCUT2D eigenvalue weighted by Crippen LogP contribution is -2.23. The summed E-state index contributed by atoms with van der Waals surface area (Å²) in [7, 11) is 0. The highest BCUT2D eigenvalue weighted by Gasteiger charge is 2.68. The van der Waals surface area contributed by atoms with Crippen LogP contribution < -0.4 is 11.1 Å². The van der Waals surface area contributed by atoms with E-state index < -0.39 is 0 Å². The maximum absolute atomic E-state index is 12.7. The largest absolute Gasteiger partial charge is 0.324 e. The van der Waals surface area contributed by atoms with Crippen molar-refractivity contribution in [3.8, 4) is 0 Å². The van der Waals surface area contributed by atoms with E-state index in [1.807, 2.05) is 6.07 Å². The highest BCUT2D eigenvalue weighted by molar-refractivity contribution is 6.08. The molecule has 1 aromatic carbocycles. The van der Waals surface area contributed by atoms with Gasteiger partial charge in [-0.05, 0) is 23.0 Å². The first-order valence-electron chi connectivity index (χ1n) is 6.86. The Kier molecular flexibility index (Phi) is 3.46. The summed E-state index contributed by atoms with van der Waals surface area (Å²) < 4.78 is 0. The third-order valence-corrected chi connectivity index (χ3v) is 4.93. The van der Waals surface area contributed by atoms with Crippen LogP contribution in [0.2, 0.25) is 0 Å². The van der Waals surface area contributed by atoms with Crippen LogP contribution >= 0.6 is 0 Å². The van der Waals surface area contributed by atoms with Crippen LogP contribution in [-0.4, -0.2) is 18.2 Å². The molecule has 4 heteroatoms. The number of rotatable bonds is 4. The van der Waals surface area contributed by atoms with Crippen molar-refractivity contribution >= 4 is 17.4 Å². The van der Waals surface area contributed by atoms with Crippen LogP contribution in [0.1, 0.15) is 38.1 Å². The van der Waals surface area contributed by atoms with Crippen LogP contribution in [0, 0.1) is 16.7 Å². The van der Waals surface area contributed by atoms with Gasteiger partial charge in [0.2, 0.25) is 5.91 Å². The van der Waals surface area contributed by atoms with Gasteiger partial charge in [0.05, 0.1) is 12.2 Å². The molecule has 0 aromatic heterocycles. The molecule has 0 atom stereocenters. The fraction of sp³-hybridized carbons (Fsp3) is 0.500. The Bertz CT molecular complexity index is 547. The summed E-state index contributed by atoms with van der Waals surface area (Å²) in [6, 6.07) is 7.11. The minimum atomic E-state index is -0.292. The SMILES string of the molecule is CC1(C)C(C(=O)c2ccccc2NC(=O)CN)C1(C)C. The van der Waals surface area contributed by atoms with Crippen LogP contribution in [0.5, 0.6) is 0 Å². The number of hydrogen-bond acceptors (Lipinski definition) is 3. The number of carbonyl (C=O) groups is 2. The summed E-state index contributed by atoms with van der Waals surface area (Å²) in [6.45, 7) is 8.34. The van der Waals surface area contributed by atoms with Gasteiger partial charge >= 0.3 is 0 Å². The molecule has 0 saturated heterocycles. The van der Waals surface area contributed by atoms with Gasteiger partial charge in [-0.3, -0.25) is 9.59 Å². The number of benzene rings is 1. The fourth-order valence-corrected chi connectivity index (χ4v) is 3.02. The van der Waals surface area contributed by atoms with Gasteiger partial charge in [0.15, 0.2) is 5.78 Å². The van der Waals surface area contributed by atoms with E-state index in [1.165, 1.54) is 0 Å². The van der Waals surface area contributed by atoms with Crippen molar-refractivity contribution in [2.75, 3.05) is 11.9 Å². The topological polar surface area (TPSA) is 72.2 Å². The molecule has 20 heavy (non-hydrogen) atoms. The monoisotopic (exact) mass is 274 g/mol. The second-order valence-corrected chi connectivity index (χ2v) is 6.54. The normalized spacial score (nSPS) is 19.4. The average molecular weight is 274 g/mol. The molecule has 1 saturated carbocycles. The summed E-state index contributed by atoms with van der Waals surface area (Å²) in [5.41, 5.74) is 6.39. The van der Waals surface area contributed by atoms with E-state index in [1.54, 1.807) is 18.2 Å². The van der Waals surface area contributed by atoms with Crippen LogP contribution in [0.25, 0.3) is 0 Å². The maximum Gasteiger partial charge on any atom is 0.238 e. The highest BCUT2D eigenvalue weighted by Crippen LogP contribution is 2.69. The van der Waals surface area contributed by atoms with E-state index in [2.05, 4.69) is 33.0 Å². The average Bonchev–Trinajstić information content (AvgIpc) is 2.79. The molecule has 0 bridgehead atoms. The molecule has 1 fully saturated rings. The molecule has 0 spiro atoms. The van der Waals surface area contributed by atoms with Crippen LogP contribution in [0.3, 0.4) is 0 Å². The molecule has 0 heterocycles. The number of nitrogens with one attached hydrogen (secondary N) is 1. The van der Waals surface area contributed by atoms with Crippen molar-refractivity contribution in [1.82, 2.24) is 0 Å². The van der Waals surface area contributed by atoms with Gasteiger partial charge in [0, 0.05) is 11.5 Å². The summed E-state index contributed by atoms with van der Waals surface area (Å²) in [5.74, 6) is -0.224. The molecular formula is C16H22N2O2. The summed E-state index contributed by atoms with van der Waals surface area (Å²) in [4.78, 5) is 24.2. The van der Waals surface area contributed by atoms with E-state index in [9.17, 15) is 9.59 Å². The third kappa shape index (κ3) is 2.14. The second-order valence-electron chi connectivity index (χ2n) is 6.54. The van der Waals surface area contributed by atoms with Crippen LogP contribution in [0.15, 0.2) is 24.3 Å². The minimum absolute atomic E-state index is 0.0188. The van der Waals surface area contributed by atoms with Gasteiger partial charge in [-0.2, -0.15) is 0 Å². The van der Waals surface area contributed by atoms with Gasteiger partial charge in [-0.15, -0.1) is 0 Å². The van der Waals surface area contributed by atoms with Crippen molar-refractivity contribution in [3.05, 3.63) is 29.8 Å². The number of carbonyl (C=O) groups excluding carboxylic acids is 2. The molecule has 0 radical (unpaired) electrons. The zero-order valence-electron chi connectivity index (χ0n) is 12.5. The molecule has 1 amide bonds. The number of amides is 1. The third-order valence-electron chi connectivity index (χ3n) is 4.93. The van der Waals surface area contributed by atoms with E-state index >= 15 is 0 Å². The lowest BCUT2D eigenvalue weighted by molar-refractivity contribution is -0.114. The molecule has 3 N–H and O–H groups in total. The van der Waals surface area contributed by atoms with Gasteiger partial charge < -0.3 is 11.1 Å². The molecule has 0 unspecified atom stereocenters. The van der Waals surface area contributed by atoms with Gasteiger partial charge in [-0.25, -0.2) is 0 Å². The molecule has 2 rings (SSSR count). The minimum Gasteiger partial charge on any atom is -0.324 e. The Morgan fingerprint density at radius 1 is 1.15 bits per heavy atom. The molecule has 4 nitrogen and oxygen atoms in total. The predicted octanol–water partition coefficient (Wildman–Crippen LogP) is 2.45. The Morgan fingerprint density at radius 3 is 2.20 bits per heavy atom. The Hall–Kier alpha value is -1.68. The van der Waals surface area contributed by atoms with Gasteiger partial charge in [0.25, 0.3) is 0 Å². The number of nitrogens with two attached hydrogens (primary N) is 1. The number of para-hydroxylation sites is 1. The summed E-state index contributed by atoms with van der Waals surface area (Å²) in [5, 5.41) is 2.69. The zero-order valence-corrected chi connectivity index (χ0v) is 12.5. The lowest BCUT2D eigenvalue weighted by atomic mass is 9.99. The van der Waals surface area contributed by atoms with E-state index in [0.717, 1.165) is 0 Å². The first-order chi connectivity index (χ1) is 9.23. The van der Waals surface area contributed by atoms with E-state index in [4.69, 9.17) is 5.73 Å². The second kappa shape index (κ2) is 4.70. The van der Waals surface area contributed by atoms with Crippen molar-refractivity contribution in [2.45, 2.75) is 27.7 Å². The Labute approximate surface area is 119 Å². The molecule has 1 aliphatic carbocycles. The van der Waals surface area contributed by atoms with Crippen LogP contribution in [0.4, 0.5) is 5.69 Å².